The van der Waals surface area contributed by atoms with E-state index >= 15 is 0 Å². The maximum Gasteiger partial charge on any atom is 0.323 e. The normalized spacial score (nSPS) is 14.4. The number of carboxylic acid groups (broad SMARTS) is 1. The molecule has 5 nitrogen and oxygen atoms in total. The number of carboxylic acids is 1. The summed E-state index contributed by atoms with van der Waals surface area (Å²) in [5, 5.41) is 19.9. The maximum absolute atomic E-state index is 10.4. The standard InChI is InChI=1S/C7H15NO4.ClH/c1-5(9)3-12-4-6(8-2)7(10)11;/h5-6,8-9H,3-4H2,1-2H3,(H,10,11);1H/t5-,6+;/m1./s1. The van der Waals surface area contributed by atoms with Gasteiger partial charge in [0, 0.05) is 0 Å². The minimum Gasteiger partial charge on any atom is -0.480 e. The third kappa shape index (κ3) is 7.98. The molecule has 0 saturated heterocycles. The molecule has 0 bridgehead atoms. The Kier molecular flexibility index (Phi) is 9.60. The third-order valence-electron chi connectivity index (χ3n) is 1.29. The molecule has 0 aromatic rings. The topological polar surface area (TPSA) is 78.8 Å². The summed E-state index contributed by atoms with van der Waals surface area (Å²) < 4.78 is 4.92. The molecule has 13 heavy (non-hydrogen) atoms. The minimum absolute atomic E-state index is 0. The number of halogens is 1. The molecule has 0 aliphatic carbocycles. The fraction of sp³-hybridized carbons (Fsp3) is 0.857. The molecule has 80 valence electrons. The number of hydrogen-bond donors (Lipinski definition) is 3. The highest BCUT2D eigenvalue weighted by Gasteiger charge is 2.14. The fourth-order valence-electron chi connectivity index (χ4n) is 0.635. The summed E-state index contributed by atoms with van der Waals surface area (Å²) in [5.74, 6) is -0.955. The van der Waals surface area contributed by atoms with E-state index in [0.717, 1.165) is 0 Å². The van der Waals surface area contributed by atoms with Crippen molar-refractivity contribution in [1.82, 2.24) is 5.32 Å². The van der Waals surface area contributed by atoms with Crippen molar-refractivity contribution in [3.63, 3.8) is 0 Å². The first-order chi connectivity index (χ1) is 5.57. The molecular weight excluding hydrogens is 198 g/mol. The second-order valence-corrected chi connectivity index (χ2v) is 2.57. The molecule has 0 saturated carbocycles. The van der Waals surface area contributed by atoms with E-state index in [1.807, 2.05) is 0 Å². The number of aliphatic hydroxyl groups excluding tert-OH is 1. The van der Waals surface area contributed by atoms with E-state index in [1.54, 1.807) is 14.0 Å². The zero-order valence-corrected chi connectivity index (χ0v) is 8.50. The van der Waals surface area contributed by atoms with Crippen LogP contribution in [0.5, 0.6) is 0 Å². The van der Waals surface area contributed by atoms with E-state index in [4.69, 9.17) is 14.9 Å². The quantitative estimate of drug-likeness (QED) is 0.553. The minimum atomic E-state index is -0.955. The van der Waals surface area contributed by atoms with Gasteiger partial charge in [0.1, 0.15) is 6.04 Å². The van der Waals surface area contributed by atoms with Crippen molar-refractivity contribution in [1.29, 1.82) is 0 Å². The first kappa shape index (κ1) is 15.1. The smallest absolute Gasteiger partial charge is 0.323 e. The van der Waals surface area contributed by atoms with Gasteiger partial charge in [-0.2, -0.15) is 0 Å². The van der Waals surface area contributed by atoms with Crippen LogP contribution in [0.3, 0.4) is 0 Å². The molecule has 2 atom stereocenters. The van der Waals surface area contributed by atoms with Crippen molar-refractivity contribution in [3.8, 4) is 0 Å². The van der Waals surface area contributed by atoms with E-state index in [2.05, 4.69) is 5.32 Å². The lowest BCUT2D eigenvalue weighted by Crippen LogP contribution is -2.38. The second-order valence-electron chi connectivity index (χ2n) is 2.57. The monoisotopic (exact) mass is 213 g/mol. The van der Waals surface area contributed by atoms with Gasteiger partial charge in [0.15, 0.2) is 0 Å². The average molecular weight is 214 g/mol. The van der Waals surface area contributed by atoms with Crippen molar-refractivity contribution < 1.29 is 19.7 Å². The van der Waals surface area contributed by atoms with Gasteiger partial charge in [0.2, 0.25) is 0 Å². The van der Waals surface area contributed by atoms with Crippen LogP contribution in [0, 0.1) is 0 Å². The largest absolute Gasteiger partial charge is 0.480 e. The van der Waals surface area contributed by atoms with Crippen LogP contribution in [0.2, 0.25) is 0 Å². The van der Waals surface area contributed by atoms with Crippen molar-refractivity contribution in [2.45, 2.75) is 19.1 Å². The van der Waals surface area contributed by atoms with Gasteiger partial charge in [-0.3, -0.25) is 4.79 Å². The number of hydrogen-bond acceptors (Lipinski definition) is 4. The molecule has 0 rings (SSSR count). The Labute approximate surface area is 83.5 Å². The van der Waals surface area contributed by atoms with Crippen LogP contribution >= 0.6 is 12.4 Å². The molecule has 3 N–H and O–H groups in total. The van der Waals surface area contributed by atoms with Gasteiger partial charge in [0.05, 0.1) is 19.3 Å². The highest BCUT2D eigenvalue weighted by molar-refractivity contribution is 5.85. The van der Waals surface area contributed by atoms with Crippen LogP contribution in [0.25, 0.3) is 0 Å². The Balaban J connectivity index is 0. The SMILES string of the molecule is CN[C@@H](COC[C@@H](C)O)C(=O)O.Cl. The van der Waals surface area contributed by atoms with E-state index in [9.17, 15) is 4.79 Å². The lowest BCUT2D eigenvalue weighted by Gasteiger charge is -2.12. The summed E-state index contributed by atoms with van der Waals surface area (Å²) in [6.45, 7) is 1.80. The summed E-state index contributed by atoms with van der Waals surface area (Å²) in [7, 11) is 1.55. The number of aliphatic carboxylic acids is 1. The molecule has 0 aromatic carbocycles. The van der Waals surface area contributed by atoms with E-state index in [0.29, 0.717) is 0 Å². The molecule has 6 heteroatoms. The summed E-state index contributed by atoms with van der Waals surface area (Å²) in [4.78, 5) is 10.4. The zero-order chi connectivity index (χ0) is 9.56. The van der Waals surface area contributed by atoms with Gasteiger partial charge in [-0.1, -0.05) is 0 Å². The van der Waals surface area contributed by atoms with Gasteiger partial charge in [-0.05, 0) is 14.0 Å². The number of nitrogens with one attached hydrogen (secondary N) is 1. The maximum atomic E-state index is 10.4. The van der Waals surface area contributed by atoms with Gasteiger partial charge >= 0.3 is 5.97 Å². The van der Waals surface area contributed by atoms with Gasteiger partial charge in [-0.15, -0.1) is 12.4 Å². The van der Waals surface area contributed by atoms with E-state index < -0.39 is 18.1 Å². The average Bonchev–Trinajstić information content (AvgIpc) is 1.96. The van der Waals surface area contributed by atoms with Crippen LogP contribution in [-0.2, 0) is 9.53 Å². The number of carbonyl (C=O) groups is 1. The molecule has 0 spiro atoms. The lowest BCUT2D eigenvalue weighted by molar-refractivity contribution is -0.141. The summed E-state index contributed by atoms with van der Waals surface area (Å²) >= 11 is 0. The van der Waals surface area contributed by atoms with Crippen LogP contribution in [0.15, 0.2) is 0 Å². The Morgan fingerprint density at radius 3 is 2.38 bits per heavy atom. The van der Waals surface area contributed by atoms with Crippen LogP contribution < -0.4 is 5.32 Å². The Morgan fingerprint density at radius 1 is 1.54 bits per heavy atom. The summed E-state index contributed by atoms with van der Waals surface area (Å²) in [6, 6.07) is -0.705. The molecule has 0 aliphatic heterocycles. The van der Waals surface area contributed by atoms with Crippen LogP contribution in [-0.4, -0.2) is 48.6 Å². The second kappa shape index (κ2) is 8.25. The third-order valence-corrected chi connectivity index (χ3v) is 1.29. The van der Waals surface area contributed by atoms with E-state index in [-0.39, 0.29) is 25.6 Å². The fourth-order valence-corrected chi connectivity index (χ4v) is 0.635. The number of rotatable bonds is 6. The molecule has 0 aliphatic rings. The van der Waals surface area contributed by atoms with E-state index in [1.165, 1.54) is 0 Å². The first-order valence-corrected chi connectivity index (χ1v) is 3.73. The molecule has 0 aromatic heterocycles. The molecule has 0 amide bonds. The number of ether oxygens (including phenoxy) is 1. The molecule has 0 heterocycles. The van der Waals surface area contributed by atoms with Crippen molar-refractivity contribution in [3.05, 3.63) is 0 Å². The number of aliphatic hydroxyl groups is 1. The highest BCUT2D eigenvalue weighted by Crippen LogP contribution is 1.88. The Morgan fingerprint density at radius 2 is 2.08 bits per heavy atom. The molecular formula is C7H16ClNO4. The predicted molar refractivity (Wildman–Crippen MR) is 50.2 cm³/mol. The van der Waals surface area contributed by atoms with Crippen molar-refractivity contribution >= 4 is 18.4 Å². The molecule has 0 fully saturated rings. The zero-order valence-electron chi connectivity index (χ0n) is 7.69. The first-order valence-electron chi connectivity index (χ1n) is 3.73. The predicted octanol–water partition coefficient (Wildman–Crippen LogP) is -0.522. The van der Waals surface area contributed by atoms with Gasteiger partial charge < -0.3 is 20.3 Å². The number of likely N-dealkylation sites (N-methyl/N-ethyl adjacent to an activating group) is 1. The highest BCUT2D eigenvalue weighted by atomic mass is 35.5. The van der Waals surface area contributed by atoms with Crippen molar-refractivity contribution in [2.24, 2.45) is 0 Å². The van der Waals surface area contributed by atoms with Crippen LogP contribution in [0.4, 0.5) is 0 Å². The Bertz CT molecular complexity index is 142. The van der Waals surface area contributed by atoms with Gasteiger partial charge in [-0.25, -0.2) is 0 Å². The molecule has 0 unspecified atom stereocenters. The summed E-state index contributed by atoms with van der Waals surface area (Å²) in [5.41, 5.74) is 0. The molecule has 0 radical (unpaired) electrons. The van der Waals surface area contributed by atoms with Crippen LogP contribution in [0.1, 0.15) is 6.92 Å². The lowest BCUT2D eigenvalue weighted by atomic mass is 10.3. The Hall–Kier alpha value is -0.360. The van der Waals surface area contributed by atoms with Crippen molar-refractivity contribution in [2.75, 3.05) is 20.3 Å². The van der Waals surface area contributed by atoms with Gasteiger partial charge in [0.25, 0.3) is 0 Å². The summed E-state index contributed by atoms with van der Waals surface area (Å²) in [6.07, 6.45) is -0.559.